The second-order valence-corrected chi connectivity index (χ2v) is 17.0. The fraction of sp³-hybridized carbons (Fsp3) is 0.447. The molecule has 14 nitrogen and oxygen atoms in total. The number of carbonyl (C=O) groups excluding carboxylic acids is 6. The topological polar surface area (TPSA) is 187 Å². The Bertz CT molecular complexity index is 2230. The summed E-state index contributed by atoms with van der Waals surface area (Å²) >= 11 is 0. The molecule has 1 saturated heterocycles. The van der Waals surface area contributed by atoms with Crippen molar-refractivity contribution in [2.75, 3.05) is 6.61 Å². The molecule has 0 aromatic heterocycles. The van der Waals surface area contributed by atoms with E-state index in [0.29, 0.717) is 5.57 Å². The molecule has 0 amide bonds. The van der Waals surface area contributed by atoms with Crippen LogP contribution in [0.4, 0.5) is 0 Å². The summed E-state index contributed by atoms with van der Waals surface area (Å²) in [6, 6.07) is 24.4. The zero-order chi connectivity index (χ0) is 44.1. The highest BCUT2D eigenvalue weighted by atomic mass is 16.6. The summed E-state index contributed by atoms with van der Waals surface area (Å²) in [5.74, 6) is -6.03. The Hall–Kier alpha value is -5.86. The van der Waals surface area contributed by atoms with Crippen molar-refractivity contribution in [3.05, 3.63) is 119 Å². The van der Waals surface area contributed by atoms with Crippen molar-refractivity contribution in [3.8, 4) is 0 Å². The summed E-state index contributed by atoms with van der Waals surface area (Å²) < 4.78 is 44.7. The first-order chi connectivity index (χ1) is 28.8. The molecule has 7 rings (SSSR count). The maximum absolute atomic E-state index is 14.7. The third kappa shape index (κ3) is 7.39. The Labute approximate surface area is 353 Å². The molecule has 61 heavy (non-hydrogen) atoms. The first kappa shape index (κ1) is 43.2. The lowest BCUT2D eigenvalue weighted by atomic mass is 9.49. The van der Waals surface area contributed by atoms with Gasteiger partial charge in [-0.3, -0.25) is 14.4 Å². The zero-order valence-corrected chi connectivity index (χ0v) is 35.1. The van der Waals surface area contributed by atoms with Crippen molar-refractivity contribution in [1.29, 1.82) is 0 Å². The monoisotopic (exact) mass is 838 g/mol. The van der Waals surface area contributed by atoms with Gasteiger partial charge in [0.25, 0.3) is 0 Å². The van der Waals surface area contributed by atoms with Crippen LogP contribution >= 0.6 is 0 Å². The van der Waals surface area contributed by atoms with Gasteiger partial charge < -0.3 is 38.3 Å². The highest BCUT2D eigenvalue weighted by Gasteiger charge is 2.81. The molecule has 0 unspecified atom stereocenters. The van der Waals surface area contributed by atoms with Crippen molar-refractivity contribution < 1.29 is 67.0 Å². The van der Waals surface area contributed by atoms with E-state index in [0.717, 1.165) is 6.92 Å². The summed E-state index contributed by atoms with van der Waals surface area (Å²) in [6.07, 6.45) is -8.57. The molecule has 3 fully saturated rings. The summed E-state index contributed by atoms with van der Waals surface area (Å²) in [5.41, 5.74) is -6.42. The minimum atomic E-state index is -1.96. The lowest BCUT2D eigenvalue weighted by Crippen LogP contribution is -2.79. The van der Waals surface area contributed by atoms with Crippen LogP contribution in [-0.2, 0) is 47.5 Å². The molecule has 1 N–H and O–H groups in total. The van der Waals surface area contributed by atoms with Crippen LogP contribution in [0.5, 0.6) is 0 Å². The van der Waals surface area contributed by atoms with Gasteiger partial charge >= 0.3 is 35.8 Å². The molecular formula is C47H50O14. The number of esters is 6. The molecule has 3 aromatic rings. The average Bonchev–Trinajstić information content (AvgIpc) is 3.47. The van der Waals surface area contributed by atoms with Gasteiger partial charge in [0.2, 0.25) is 0 Å². The molecule has 2 saturated carbocycles. The van der Waals surface area contributed by atoms with E-state index in [2.05, 4.69) is 0 Å². The van der Waals surface area contributed by atoms with Crippen LogP contribution in [0, 0.1) is 16.7 Å². The molecule has 4 aliphatic rings. The number of fused-ring (bicyclic) bond motifs is 4. The Kier molecular flexibility index (Phi) is 11.5. The number of hydrogen-bond donors (Lipinski definition) is 1. The Balaban J connectivity index is 1.60. The van der Waals surface area contributed by atoms with Gasteiger partial charge in [-0.2, -0.15) is 0 Å². The molecule has 1 aliphatic heterocycles. The van der Waals surface area contributed by atoms with Crippen LogP contribution in [0.1, 0.15) is 92.4 Å². The van der Waals surface area contributed by atoms with Crippen LogP contribution in [0.3, 0.4) is 0 Å². The smallest absolute Gasteiger partial charge is 0.338 e. The number of rotatable bonds is 10. The number of carbonyl (C=O) groups is 6. The first-order valence-electron chi connectivity index (χ1n) is 20.2. The van der Waals surface area contributed by atoms with Crippen molar-refractivity contribution >= 4 is 35.8 Å². The third-order valence-electron chi connectivity index (χ3n) is 13.0. The lowest BCUT2D eigenvalue weighted by Gasteiger charge is -2.65. The van der Waals surface area contributed by atoms with Gasteiger partial charge in [-0.05, 0) is 68.3 Å². The standard InChI is InChI=1S/C47H50O14/c1-26-33(56-27(2)48)24-46(44(5,6)54)36(26)37(59-42(52)31-19-13-9-14-20-31)39(57-28(3)49)45(7)34(58-41(51)30-17-11-8-12-18-30)23-35-47(25-55-35,61-29(4)50)38(45)40(46)60-43(53)32-21-15-10-16-22-32/h8-22,33-35,37-40,54H,23-25H2,1-7H3/t33-,34-,35+,37+,38-,39-,40-,45+,46-,47-/m0/s1. The molecule has 3 aliphatic carbocycles. The minimum absolute atomic E-state index is 0.112. The fourth-order valence-corrected chi connectivity index (χ4v) is 10.4. The van der Waals surface area contributed by atoms with Crippen LogP contribution in [0.2, 0.25) is 0 Å². The number of hydrogen-bond acceptors (Lipinski definition) is 14. The Morgan fingerprint density at radius 2 is 1.16 bits per heavy atom. The normalized spacial score (nSPS) is 31.4. The highest BCUT2D eigenvalue weighted by Crippen LogP contribution is 2.69. The molecular weight excluding hydrogens is 789 g/mol. The van der Waals surface area contributed by atoms with Crippen molar-refractivity contribution in [1.82, 2.24) is 0 Å². The molecule has 0 radical (unpaired) electrons. The van der Waals surface area contributed by atoms with Crippen LogP contribution in [-0.4, -0.2) is 95.4 Å². The van der Waals surface area contributed by atoms with Crippen molar-refractivity contribution in [3.63, 3.8) is 0 Å². The first-order valence-corrected chi connectivity index (χ1v) is 20.2. The SMILES string of the molecule is CC(=O)O[C@H]1C[C@]2(C(C)(C)O)C(=C1C)[C@@H](OC(=O)c1ccccc1)[C@H](OC(C)=O)[C@]1(C)[C@@H](OC(=O)c3ccccc3)C[C@H]3OC[C@@]3(OC(C)=O)[C@H]1[C@@H]2OC(=O)c1ccccc1. The van der Waals surface area contributed by atoms with E-state index < -0.39 is 100 Å². The fourth-order valence-electron chi connectivity index (χ4n) is 10.4. The summed E-state index contributed by atoms with van der Waals surface area (Å²) in [7, 11) is 0. The van der Waals surface area contributed by atoms with E-state index in [1.807, 2.05) is 0 Å². The zero-order valence-electron chi connectivity index (χ0n) is 35.1. The molecule has 10 atom stereocenters. The van der Waals surface area contributed by atoms with Gasteiger partial charge in [-0.25, -0.2) is 14.4 Å². The summed E-state index contributed by atoms with van der Waals surface area (Å²) in [4.78, 5) is 83.1. The summed E-state index contributed by atoms with van der Waals surface area (Å²) in [6.45, 7) is 9.63. The second-order valence-electron chi connectivity index (χ2n) is 17.0. The van der Waals surface area contributed by atoms with Crippen molar-refractivity contribution in [2.45, 2.75) is 109 Å². The lowest BCUT2D eigenvalue weighted by molar-refractivity contribution is -0.350. The van der Waals surface area contributed by atoms with Crippen LogP contribution < -0.4 is 0 Å². The Morgan fingerprint density at radius 3 is 1.61 bits per heavy atom. The number of ether oxygens (including phenoxy) is 7. The van der Waals surface area contributed by atoms with E-state index in [9.17, 15) is 33.9 Å². The van der Waals surface area contributed by atoms with Gasteiger partial charge in [0.1, 0.15) is 24.4 Å². The highest BCUT2D eigenvalue weighted by molar-refractivity contribution is 5.91. The van der Waals surface area contributed by atoms with Crippen molar-refractivity contribution in [2.24, 2.45) is 16.7 Å². The second kappa shape index (κ2) is 16.2. The van der Waals surface area contributed by atoms with E-state index in [1.54, 1.807) is 92.7 Å². The maximum atomic E-state index is 14.7. The van der Waals surface area contributed by atoms with E-state index in [1.165, 1.54) is 39.8 Å². The predicted octanol–water partition coefficient (Wildman–Crippen LogP) is 5.74. The number of benzene rings is 3. The van der Waals surface area contributed by atoms with Gasteiger partial charge in [0, 0.05) is 33.6 Å². The maximum Gasteiger partial charge on any atom is 0.338 e. The third-order valence-corrected chi connectivity index (χ3v) is 13.0. The largest absolute Gasteiger partial charge is 0.458 e. The van der Waals surface area contributed by atoms with E-state index >= 15 is 0 Å². The van der Waals surface area contributed by atoms with Gasteiger partial charge in [-0.1, -0.05) is 61.5 Å². The summed E-state index contributed by atoms with van der Waals surface area (Å²) in [5, 5.41) is 12.9. The van der Waals surface area contributed by atoms with Gasteiger partial charge in [-0.15, -0.1) is 0 Å². The molecule has 1 heterocycles. The van der Waals surface area contributed by atoms with Gasteiger partial charge in [0.15, 0.2) is 17.8 Å². The van der Waals surface area contributed by atoms with Gasteiger partial charge in [0.05, 0.1) is 45.6 Å². The molecule has 0 spiro atoms. The van der Waals surface area contributed by atoms with Crippen LogP contribution in [0.25, 0.3) is 0 Å². The quantitative estimate of drug-likeness (QED) is 0.148. The number of aliphatic hydroxyl groups is 1. The molecule has 3 aromatic carbocycles. The molecule has 0 bridgehead atoms. The average molecular weight is 839 g/mol. The molecule has 14 heteroatoms. The molecule has 322 valence electrons. The Morgan fingerprint density at radius 1 is 0.672 bits per heavy atom. The predicted molar refractivity (Wildman–Crippen MR) is 215 cm³/mol. The van der Waals surface area contributed by atoms with E-state index in [4.69, 9.17) is 33.2 Å². The van der Waals surface area contributed by atoms with Crippen LogP contribution in [0.15, 0.2) is 102 Å². The van der Waals surface area contributed by atoms with E-state index in [-0.39, 0.29) is 41.7 Å². The minimum Gasteiger partial charge on any atom is -0.458 e.